The fourth-order valence-electron chi connectivity index (χ4n) is 2.56. The summed E-state index contributed by atoms with van der Waals surface area (Å²) in [7, 11) is 1.80. The van der Waals surface area contributed by atoms with Crippen LogP contribution in [0.15, 0.2) is 0 Å². The van der Waals surface area contributed by atoms with Crippen molar-refractivity contribution in [3.8, 4) is 12.3 Å². The van der Waals surface area contributed by atoms with Crippen LogP contribution in [0, 0.1) is 17.8 Å². The van der Waals surface area contributed by atoms with Crippen molar-refractivity contribution >= 4 is 5.91 Å². The quantitative estimate of drug-likeness (QED) is 0.726. The van der Waals surface area contributed by atoms with Crippen LogP contribution < -0.4 is 5.32 Å². The number of carbonyl (C=O) groups excluding carboxylic acids is 1. The zero-order chi connectivity index (χ0) is 12.0. The minimum Gasteiger partial charge on any atom is -0.334 e. The summed E-state index contributed by atoms with van der Waals surface area (Å²) in [4.78, 5) is 14.1. The van der Waals surface area contributed by atoms with Crippen LogP contribution in [0.3, 0.4) is 0 Å². The van der Waals surface area contributed by atoms with Gasteiger partial charge in [0.2, 0.25) is 5.91 Å². The Kier molecular flexibility index (Phi) is 4.82. The second-order valence-electron chi connectivity index (χ2n) is 4.68. The molecule has 16 heavy (non-hydrogen) atoms. The molecule has 1 heterocycles. The predicted molar refractivity (Wildman–Crippen MR) is 65.9 cm³/mol. The molecule has 0 aromatic carbocycles. The molecule has 90 valence electrons. The van der Waals surface area contributed by atoms with Gasteiger partial charge in [0.05, 0.1) is 12.0 Å². The smallest absolute Gasteiger partial charge is 0.230 e. The zero-order valence-electron chi connectivity index (χ0n) is 10.4. The lowest BCUT2D eigenvalue weighted by atomic mass is 9.76. The molecule has 1 atom stereocenters. The molecule has 0 aromatic rings. The van der Waals surface area contributed by atoms with Crippen molar-refractivity contribution in [1.82, 2.24) is 10.2 Å². The maximum absolute atomic E-state index is 12.4. The molecule has 3 nitrogen and oxygen atoms in total. The van der Waals surface area contributed by atoms with Gasteiger partial charge >= 0.3 is 0 Å². The molecule has 0 aromatic heterocycles. The minimum absolute atomic E-state index is 0.208. The highest BCUT2D eigenvalue weighted by Crippen LogP contribution is 2.33. The first-order valence-electron chi connectivity index (χ1n) is 6.06. The highest BCUT2D eigenvalue weighted by molar-refractivity contribution is 5.83. The summed E-state index contributed by atoms with van der Waals surface area (Å²) >= 11 is 0. The Balaban J connectivity index is 2.75. The van der Waals surface area contributed by atoms with Crippen LogP contribution in [0.4, 0.5) is 0 Å². The molecular formula is C13H22N2O. The van der Waals surface area contributed by atoms with Crippen LogP contribution >= 0.6 is 0 Å². The number of nitrogens with zero attached hydrogens (tertiary/aromatic N) is 1. The van der Waals surface area contributed by atoms with Crippen LogP contribution in [0.1, 0.15) is 32.6 Å². The van der Waals surface area contributed by atoms with Crippen molar-refractivity contribution in [2.24, 2.45) is 5.41 Å². The summed E-state index contributed by atoms with van der Waals surface area (Å²) in [6.07, 6.45) is 9.31. The summed E-state index contributed by atoms with van der Waals surface area (Å²) in [6, 6.07) is 0. The normalized spacial score (nSPS) is 24.8. The molecule has 0 spiro atoms. The average molecular weight is 222 g/mol. The third kappa shape index (κ3) is 2.76. The number of carbonyl (C=O) groups is 1. The van der Waals surface area contributed by atoms with Gasteiger partial charge < -0.3 is 10.2 Å². The molecule has 1 N–H and O–H groups in total. The Bertz CT molecular complexity index is 269. The van der Waals surface area contributed by atoms with Crippen molar-refractivity contribution in [3.05, 3.63) is 0 Å². The van der Waals surface area contributed by atoms with Gasteiger partial charge in [-0.3, -0.25) is 4.79 Å². The fourth-order valence-corrected chi connectivity index (χ4v) is 2.56. The van der Waals surface area contributed by atoms with Gasteiger partial charge in [-0.05, 0) is 25.8 Å². The number of hydrogen-bond donors (Lipinski definition) is 1. The second kappa shape index (κ2) is 5.91. The lowest BCUT2D eigenvalue weighted by Gasteiger charge is -2.38. The summed E-state index contributed by atoms with van der Waals surface area (Å²) in [5, 5.41) is 3.34. The Morgan fingerprint density at radius 2 is 2.38 bits per heavy atom. The van der Waals surface area contributed by atoms with E-state index in [-0.39, 0.29) is 11.3 Å². The third-order valence-electron chi connectivity index (χ3n) is 3.33. The molecule has 1 amide bonds. The van der Waals surface area contributed by atoms with Crippen LogP contribution in [0.5, 0.6) is 0 Å². The van der Waals surface area contributed by atoms with E-state index in [4.69, 9.17) is 6.42 Å². The number of rotatable bonds is 4. The summed E-state index contributed by atoms with van der Waals surface area (Å²) in [6.45, 7) is 4.36. The summed E-state index contributed by atoms with van der Waals surface area (Å²) in [5.74, 6) is 2.74. The number of nitrogens with one attached hydrogen (secondary N) is 1. The van der Waals surface area contributed by atoms with Gasteiger partial charge in [-0.25, -0.2) is 0 Å². The van der Waals surface area contributed by atoms with E-state index in [1.165, 1.54) is 0 Å². The summed E-state index contributed by atoms with van der Waals surface area (Å²) < 4.78 is 0. The van der Waals surface area contributed by atoms with Gasteiger partial charge in [0.15, 0.2) is 0 Å². The maximum Gasteiger partial charge on any atom is 0.230 e. The number of amides is 1. The molecule has 0 aliphatic carbocycles. The Morgan fingerprint density at radius 1 is 1.62 bits per heavy atom. The molecule has 1 rings (SSSR count). The van der Waals surface area contributed by atoms with Crippen molar-refractivity contribution < 1.29 is 4.79 Å². The first kappa shape index (κ1) is 13.1. The van der Waals surface area contributed by atoms with E-state index >= 15 is 0 Å². The van der Waals surface area contributed by atoms with Crippen LogP contribution in [0.25, 0.3) is 0 Å². The van der Waals surface area contributed by atoms with E-state index in [0.717, 1.165) is 38.8 Å². The van der Waals surface area contributed by atoms with Crippen molar-refractivity contribution in [2.75, 3.05) is 26.7 Å². The van der Waals surface area contributed by atoms with E-state index in [2.05, 4.69) is 18.2 Å². The van der Waals surface area contributed by atoms with Gasteiger partial charge in [-0.1, -0.05) is 19.3 Å². The first-order chi connectivity index (χ1) is 7.66. The molecule has 0 radical (unpaired) electrons. The molecule has 0 saturated carbocycles. The predicted octanol–water partition coefficient (Wildman–Crippen LogP) is 1.25. The van der Waals surface area contributed by atoms with Gasteiger partial charge in [0, 0.05) is 13.6 Å². The molecule has 1 saturated heterocycles. The highest BCUT2D eigenvalue weighted by Gasteiger charge is 2.40. The molecular weight excluding hydrogens is 200 g/mol. The van der Waals surface area contributed by atoms with Crippen molar-refractivity contribution in [3.63, 3.8) is 0 Å². The van der Waals surface area contributed by atoms with Gasteiger partial charge in [-0.15, -0.1) is 6.42 Å². The summed E-state index contributed by atoms with van der Waals surface area (Å²) in [5.41, 5.74) is -0.210. The van der Waals surface area contributed by atoms with E-state index in [0.29, 0.717) is 6.54 Å². The standard InChI is InChI=1S/C13H22N2O/c1-4-7-13(8-6-9-14-11-13)12(16)15(3)10-5-2/h2,14H,4,6-11H2,1,3H3. The van der Waals surface area contributed by atoms with E-state index in [1.54, 1.807) is 11.9 Å². The van der Waals surface area contributed by atoms with Gasteiger partial charge in [-0.2, -0.15) is 0 Å². The number of hydrogen-bond acceptors (Lipinski definition) is 2. The van der Waals surface area contributed by atoms with Gasteiger partial charge in [0.25, 0.3) is 0 Å². The first-order valence-corrected chi connectivity index (χ1v) is 6.06. The van der Waals surface area contributed by atoms with Crippen LogP contribution in [0.2, 0.25) is 0 Å². The molecule has 0 bridgehead atoms. The average Bonchev–Trinajstić information content (AvgIpc) is 2.30. The largest absolute Gasteiger partial charge is 0.334 e. The molecule has 1 aliphatic heterocycles. The van der Waals surface area contributed by atoms with E-state index in [9.17, 15) is 4.79 Å². The molecule has 1 fully saturated rings. The maximum atomic E-state index is 12.4. The lowest BCUT2D eigenvalue weighted by Crippen LogP contribution is -2.51. The molecule has 3 heteroatoms. The SMILES string of the molecule is C#CCN(C)C(=O)C1(CCC)CCCNC1. The van der Waals surface area contributed by atoms with E-state index in [1.807, 2.05) is 0 Å². The van der Waals surface area contributed by atoms with Crippen molar-refractivity contribution in [2.45, 2.75) is 32.6 Å². The Morgan fingerprint density at radius 3 is 2.88 bits per heavy atom. The third-order valence-corrected chi connectivity index (χ3v) is 3.33. The molecule has 1 aliphatic rings. The number of terminal acetylenes is 1. The highest BCUT2D eigenvalue weighted by atomic mass is 16.2. The monoisotopic (exact) mass is 222 g/mol. The van der Waals surface area contributed by atoms with Crippen LogP contribution in [-0.4, -0.2) is 37.5 Å². The van der Waals surface area contributed by atoms with E-state index < -0.39 is 0 Å². The van der Waals surface area contributed by atoms with Crippen LogP contribution in [-0.2, 0) is 4.79 Å². The zero-order valence-corrected chi connectivity index (χ0v) is 10.4. The molecule has 1 unspecified atom stereocenters. The lowest BCUT2D eigenvalue weighted by molar-refractivity contribution is -0.141. The Labute approximate surface area is 98.6 Å². The minimum atomic E-state index is -0.210. The number of piperidine rings is 1. The topological polar surface area (TPSA) is 32.3 Å². The Hall–Kier alpha value is -1.01. The second-order valence-corrected chi connectivity index (χ2v) is 4.68. The fraction of sp³-hybridized carbons (Fsp3) is 0.769. The van der Waals surface area contributed by atoms with Gasteiger partial charge in [0.1, 0.15) is 0 Å². The van der Waals surface area contributed by atoms with Crippen molar-refractivity contribution in [1.29, 1.82) is 0 Å².